The van der Waals surface area contributed by atoms with Crippen molar-refractivity contribution in [2.24, 2.45) is 0 Å². The van der Waals surface area contributed by atoms with Gasteiger partial charge in [0.05, 0.1) is 9.40 Å². The zero-order valence-electron chi connectivity index (χ0n) is 11.2. The summed E-state index contributed by atoms with van der Waals surface area (Å²) in [5, 5.41) is 14.2. The van der Waals surface area contributed by atoms with E-state index in [0.717, 1.165) is 6.42 Å². The second kappa shape index (κ2) is 6.98. The molecule has 0 saturated heterocycles. The first kappa shape index (κ1) is 15.2. The molecule has 0 fully saturated rings. The Bertz CT molecular complexity index is 651. The predicted octanol–water partition coefficient (Wildman–Crippen LogP) is 3.76. The topological polar surface area (TPSA) is 90.2 Å². The molecule has 0 saturated carbocycles. The average molecular weight is 353 g/mol. The van der Waals surface area contributed by atoms with E-state index in [1.807, 2.05) is 13.0 Å². The maximum Gasteiger partial charge on any atom is 0.373 e. The Balaban J connectivity index is 2.39. The molecule has 7 nitrogen and oxygen atoms in total. The van der Waals surface area contributed by atoms with Crippen molar-refractivity contribution in [3.8, 4) is 11.6 Å². The number of nitrogens with one attached hydrogen (secondary N) is 1. The van der Waals surface area contributed by atoms with Gasteiger partial charge in [0.1, 0.15) is 12.1 Å². The molecular weight excluding hydrogens is 340 g/mol. The zero-order chi connectivity index (χ0) is 15.2. The molecule has 0 aliphatic carbocycles. The van der Waals surface area contributed by atoms with Gasteiger partial charge in [-0.05, 0) is 34.5 Å². The molecule has 21 heavy (non-hydrogen) atoms. The van der Waals surface area contributed by atoms with Crippen LogP contribution in [0.2, 0.25) is 0 Å². The van der Waals surface area contributed by atoms with Crippen molar-refractivity contribution in [3.63, 3.8) is 0 Å². The van der Waals surface area contributed by atoms with E-state index in [4.69, 9.17) is 4.74 Å². The first-order valence-corrected chi connectivity index (χ1v) is 7.08. The highest BCUT2D eigenvalue weighted by atomic mass is 79.9. The van der Waals surface area contributed by atoms with Crippen molar-refractivity contribution in [1.29, 1.82) is 0 Å². The Morgan fingerprint density at radius 3 is 2.81 bits per heavy atom. The van der Waals surface area contributed by atoms with Gasteiger partial charge in [-0.3, -0.25) is 10.1 Å². The minimum Gasteiger partial charge on any atom is -0.432 e. The Kier molecular flexibility index (Phi) is 5.04. The van der Waals surface area contributed by atoms with E-state index in [1.165, 1.54) is 6.33 Å². The van der Waals surface area contributed by atoms with Crippen LogP contribution in [0.25, 0.3) is 0 Å². The van der Waals surface area contributed by atoms with Crippen LogP contribution in [-0.2, 0) is 0 Å². The first-order chi connectivity index (χ1) is 10.1. The van der Waals surface area contributed by atoms with Crippen LogP contribution in [-0.4, -0.2) is 21.4 Å². The highest BCUT2D eigenvalue weighted by Crippen LogP contribution is 2.36. The number of benzene rings is 1. The standard InChI is InChI=1S/C13H13BrN4O3/c1-2-7-15-12-11(18(19)20)13(17-8-16-12)21-10-6-4-3-5-9(10)14/h3-6,8H,2,7H2,1H3,(H,15,16,17). The number of hydrogen-bond acceptors (Lipinski definition) is 6. The lowest BCUT2D eigenvalue weighted by molar-refractivity contribution is -0.385. The number of aromatic nitrogens is 2. The van der Waals surface area contributed by atoms with E-state index in [9.17, 15) is 10.1 Å². The average Bonchev–Trinajstić information content (AvgIpc) is 2.47. The minimum atomic E-state index is -0.551. The van der Waals surface area contributed by atoms with Crippen LogP contribution < -0.4 is 10.1 Å². The minimum absolute atomic E-state index is 0.0968. The van der Waals surface area contributed by atoms with Crippen LogP contribution in [0.3, 0.4) is 0 Å². The summed E-state index contributed by atoms with van der Waals surface area (Å²) < 4.78 is 6.22. The van der Waals surface area contributed by atoms with Crippen molar-refractivity contribution in [3.05, 3.63) is 45.2 Å². The molecule has 0 unspecified atom stereocenters. The molecule has 0 spiro atoms. The lowest BCUT2D eigenvalue weighted by Crippen LogP contribution is -2.07. The molecule has 110 valence electrons. The summed E-state index contributed by atoms with van der Waals surface area (Å²) in [5.41, 5.74) is -0.276. The largest absolute Gasteiger partial charge is 0.432 e. The molecule has 1 aromatic carbocycles. The quantitative estimate of drug-likeness (QED) is 0.628. The summed E-state index contributed by atoms with van der Waals surface area (Å²) in [7, 11) is 0. The SMILES string of the molecule is CCCNc1ncnc(Oc2ccccc2Br)c1[N+](=O)[O-]. The van der Waals surface area contributed by atoms with Crippen LogP contribution in [0.5, 0.6) is 11.6 Å². The van der Waals surface area contributed by atoms with E-state index >= 15 is 0 Å². The van der Waals surface area contributed by atoms with Crippen LogP contribution >= 0.6 is 15.9 Å². The Labute approximate surface area is 129 Å². The van der Waals surface area contributed by atoms with Gasteiger partial charge in [-0.25, -0.2) is 4.98 Å². The van der Waals surface area contributed by atoms with Crippen molar-refractivity contribution in [2.45, 2.75) is 13.3 Å². The van der Waals surface area contributed by atoms with Crippen molar-refractivity contribution in [1.82, 2.24) is 9.97 Å². The summed E-state index contributed by atoms with van der Waals surface area (Å²) in [6.07, 6.45) is 2.05. The van der Waals surface area contributed by atoms with Crippen LogP contribution in [0.15, 0.2) is 35.1 Å². The summed E-state index contributed by atoms with van der Waals surface area (Å²) >= 11 is 3.32. The molecule has 0 radical (unpaired) electrons. The monoisotopic (exact) mass is 352 g/mol. The van der Waals surface area contributed by atoms with Gasteiger partial charge in [0.25, 0.3) is 0 Å². The molecule has 2 aromatic rings. The van der Waals surface area contributed by atoms with E-state index in [-0.39, 0.29) is 17.4 Å². The number of nitro groups is 1. The van der Waals surface area contributed by atoms with Gasteiger partial charge in [0.15, 0.2) is 0 Å². The van der Waals surface area contributed by atoms with E-state index in [1.54, 1.807) is 18.2 Å². The Hall–Kier alpha value is -2.22. The maximum atomic E-state index is 11.3. The van der Waals surface area contributed by atoms with E-state index in [0.29, 0.717) is 16.8 Å². The molecule has 1 N–H and O–H groups in total. The highest BCUT2D eigenvalue weighted by molar-refractivity contribution is 9.10. The van der Waals surface area contributed by atoms with Crippen molar-refractivity contribution >= 4 is 27.4 Å². The molecule has 8 heteroatoms. The van der Waals surface area contributed by atoms with Crippen LogP contribution in [0.1, 0.15) is 13.3 Å². The third-order valence-electron chi connectivity index (χ3n) is 2.56. The normalized spacial score (nSPS) is 10.2. The molecule has 0 atom stereocenters. The third kappa shape index (κ3) is 3.66. The van der Waals surface area contributed by atoms with Gasteiger partial charge in [-0.2, -0.15) is 4.98 Å². The summed E-state index contributed by atoms with van der Waals surface area (Å²) in [6, 6.07) is 7.05. The number of halogens is 1. The molecule has 1 heterocycles. The summed E-state index contributed by atoms with van der Waals surface area (Å²) in [6.45, 7) is 2.53. The predicted molar refractivity (Wildman–Crippen MR) is 81.7 cm³/mol. The molecule has 1 aromatic heterocycles. The fraction of sp³-hybridized carbons (Fsp3) is 0.231. The summed E-state index contributed by atoms with van der Waals surface area (Å²) in [4.78, 5) is 18.5. The van der Waals surface area contributed by atoms with Crippen LogP contribution in [0.4, 0.5) is 11.5 Å². The molecular formula is C13H13BrN4O3. The van der Waals surface area contributed by atoms with Crippen molar-refractivity contribution in [2.75, 3.05) is 11.9 Å². The van der Waals surface area contributed by atoms with Crippen molar-refractivity contribution < 1.29 is 9.66 Å². The van der Waals surface area contributed by atoms with Gasteiger partial charge in [-0.15, -0.1) is 0 Å². The zero-order valence-corrected chi connectivity index (χ0v) is 12.8. The van der Waals surface area contributed by atoms with Gasteiger partial charge in [0, 0.05) is 6.54 Å². The fourth-order valence-electron chi connectivity index (χ4n) is 1.61. The number of anilines is 1. The number of ether oxygens (including phenoxy) is 1. The smallest absolute Gasteiger partial charge is 0.373 e. The lowest BCUT2D eigenvalue weighted by Gasteiger charge is -2.09. The number of nitrogens with zero attached hydrogens (tertiary/aromatic N) is 3. The maximum absolute atomic E-state index is 11.3. The third-order valence-corrected chi connectivity index (χ3v) is 3.21. The number of para-hydroxylation sites is 1. The van der Waals surface area contributed by atoms with Gasteiger partial charge in [0.2, 0.25) is 5.82 Å². The highest BCUT2D eigenvalue weighted by Gasteiger charge is 2.25. The van der Waals surface area contributed by atoms with E-state index < -0.39 is 4.92 Å². The van der Waals surface area contributed by atoms with Gasteiger partial charge < -0.3 is 10.1 Å². The molecule has 0 aliphatic heterocycles. The Morgan fingerprint density at radius 1 is 1.38 bits per heavy atom. The summed E-state index contributed by atoms with van der Waals surface area (Å²) in [5.74, 6) is 0.500. The second-order valence-corrected chi connectivity index (χ2v) is 4.95. The first-order valence-electron chi connectivity index (χ1n) is 6.29. The molecule has 0 aliphatic rings. The van der Waals surface area contributed by atoms with E-state index in [2.05, 4.69) is 31.2 Å². The van der Waals surface area contributed by atoms with Gasteiger partial charge >= 0.3 is 11.6 Å². The van der Waals surface area contributed by atoms with Crippen LogP contribution in [0, 0.1) is 10.1 Å². The number of rotatable bonds is 6. The second-order valence-electron chi connectivity index (χ2n) is 4.09. The fourth-order valence-corrected chi connectivity index (χ4v) is 1.97. The molecule has 0 amide bonds. The Morgan fingerprint density at radius 2 is 2.14 bits per heavy atom. The lowest BCUT2D eigenvalue weighted by atomic mass is 10.3. The number of hydrogen-bond donors (Lipinski definition) is 1. The molecule has 2 rings (SSSR count). The molecule has 0 bridgehead atoms. The van der Waals surface area contributed by atoms with Gasteiger partial charge in [-0.1, -0.05) is 19.1 Å².